The third-order valence-electron chi connectivity index (χ3n) is 4.50. The largest absolute Gasteiger partial charge is 0.342 e. The van der Waals surface area contributed by atoms with Gasteiger partial charge in [-0.3, -0.25) is 4.79 Å². The Bertz CT molecular complexity index is 874. The second kappa shape index (κ2) is 6.22. The lowest BCUT2D eigenvalue weighted by atomic mass is 9.71. The Hall–Kier alpha value is -1.85. The van der Waals surface area contributed by atoms with Gasteiger partial charge >= 0.3 is 0 Å². The number of benzene rings is 2. The van der Waals surface area contributed by atoms with Crippen molar-refractivity contribution in [1.29, 1.82) is 0 Å². The van der Waals surface area contributed by atoms with Gasteiger partial charge in [0.25, 0.3) is 5.91 Å². The monoisotopic (exact) mass is 363 g/mol. The van der Waals surface area contributed by atoms with Crippen molar-refractivity contribution in [2.24, 2.45) is 0 Å². The van der Waals surface area contributed by atoms with Crippen molar-refractivity contribution in [2.45, 2.75) is 29.7 Å². The van der Waals surface area contributed by atoms with Crippen LogP contribution >= 0.6 is 11.6 Å². The summed E-state index contributed by atoms with van der Waals surface area (Å²) in [4.78, 5) is 12.8. The van der Waals surface area contributed by atoms with Gasteiger partial charge in [0.1, 0.15) is 0 Å². The minimum Gasteiger partial charge on any atom is -0.342 e. The van der Waals surface area contributed by atoms with Crippen LogP contribution in [0.5, 0.6) is 0 Å². The third kappa shape index (κ3) is 3.19. The molecule has 2 aromatic carbocycles. The summed E-state index contributed by atoms with van der Waals surface area (Å²) in [7, 11) is -3.40. The highest BCUT2D eigenvalue weighted by atomic mass is 35.5. The Morgan fingerprint density at radius 1 is 1.12 bits per heavy atom. The van der Waals surface area contributed by atoms with E-state index in [2.05, 4.69) is 5.32 Å². The van der Waals surface area contributed by atoms with E-state index in [4.69, 9.17) is 11.6 Å². The van der Waals surface area contributed by atoms with Crippen LogP contribution in [-0.2, 0) is 15.4 Å². The molecule has 0 spiro atoms. The van der Waals surface area contributed by atoms with Gasteiger partial charge in [-0.2, -0.15) is 0 Å². The van der Waals surface area contributed by atoms with Gasteiger partial charge in [0.15, 0.2) is 9.84 Å². The fraction of sp³-hybridized carbons (Fsp3) is 0.278. The zero-order valence-electron chi connectivity index (χ0n) is 13.3. The molecule has 6 heteroatoms. The second-order valence-electron chi connectivity index (χ2n) is 6.17. The maximum absolute atomic E-state index is 12.7. The number of nitrogens with one attached hydrogen (secondary N) is 1. The normalized spacial score (nSPS) is 16.2. The average molecular weight is 364 g/mol. The minimum atomic E-state index is -3.40. The number of amides is 1. The predicted molar refractivity (Wildman–Crippen MR) is 94.0 cm³/mol. The Morgan fingerprint density at radius 3 is 2.33 bits per heavy atom. The first-order chi connectivity index (χ1) is 11.3. The van der Waals surface area contributed by atoms with E-state index >= 15 is 0 Å². The van der Waals surface area contributed by atoms with E-state index in [1.54, 1.807) is 0 Å². The van der Waals surface area contributed by atoms with Crippen LogP contribution in [0.15, 0.2) is 53.4 Å². The summed E-state index contributed by atoms with van der Waals surface area (Å²) in [6, 6.07) is 14.0. The summed E-state index contributed by atoms with van der Waals surface area (Å²) in [6.07, 6.45) is 3.85. The van der Waals surface area contributed by atoms with Crippen LogP contribution < -0.4 is 5.32 Å². The molecular formula is C18H18ClNO3S. The Morgan fingerprint density at radius 2 is 1.79 bits per heavy atom. The van der Waals surface area contributed by atoms with E-state index in [1.807, 2.05) is 30.3 Å². The van der Waals surface area contributed by atoms with Crippen LogP contribution in [0.1, 0.15) is 35.2 Å². The summed E-state index contributed by atoms with van der Waals surface area (Å²) in [5.41, 5.74) is 0.838. The van der Waals surface area contributed by atoms with Gasteiger partial charge in [0, 0.05) is 6.26 Å². The van der Waals surface area contributed by atoms with Crippen LogP contribution in [0.4, 0.5) is 0 Å². The number of carbonyl (C=O) groups is 1. The van der Waals surface area contributed by atoms with E-state index in [0.29, 0.717) is 0 Å². The van der Waals surface area contributed by atoms with Gasteiger partial charge in [-0.1, -0.05) is 41.9 Å². The molecule has 0 unspecified atom stereocenters. The maximum Gasteiger partial charge on any atom is 0.253 e. The van der Waals surface area contributed by atoms with Crippen molar-refractivity contribution in [3.63, 3.8) is 0 Å². The molecule has 1 saturated carbocycles. The molecule has 0 radical (unpaired) electrons. The summed E-state index contributed by atoms with van der Waals surface area (Å²) >= 11 is 6.12. The summed E-state index contributed by atoms with van der Waals surface area (Å²) in [5, 5.41) is 3.30. The fourth-order valence-corrected chi connectivity index (χ4v) is 3.82. The van der Waals surface area contributed by atoms with Gasteiger partial charge in [-0.25, -0.2) is 8.42 Å². The van der Waals surface area contributed by atoms with Crippen LogP contribution in [0.25, 0.3) is 0 Å². The lowest BCUT2D eigenvalue weighted by Crippen LogP contribution is -2.50. The van der Waals surface area contributed by atoms with Gasteiger partial charge in [0.2, 0.25) is 0 Å². The Labute approximate surface area is 146 Å². The van der Waals surface area contributed by atoms with Crippen molar-refractivity contribution < 1.29 is 13.2 Å². The molecule has 0 aliphatic heterocycles. The van der Waals surface area contributed by atoms with E-state index in [1.165, 1.54) is 18.2 Å². The van der Waals surface area contributed by atoms with Crippen molar-refractivity contribution in [3.8, 4) is 0 Å². The molecule has 0 heterocycles. The number of carbonyl (C=O) groups excluding carboxylic acids is 1. The summed E-state index contributed by atoms with van der Waals surface area (Å²) in [5.74, 6) is -0.353. The van der Waals surface area contributed by atoms with E-state index < -0.39 is 15.4 Å². The minimum absolute atomic E-state index is 0.0828. The third-order valence-corrected chi connectivity index (χ3v) is 5.94. The SMILES string of the molecule is CS(=O)(=O)c1ccc(Cl)c(C(=O)NC2(c3ccccc3)CCC2)c1. The number of sulfone groups is 1. The molecule has 3 rings (SSSR count). The Kier molecular flexibility index (Phi) is 4.40. The van der Waals surface area contributed by atoms with E-state index in [-0.39, 0.29) is 21.4 Å². The molecule has 2 aromatic rings. The molecule has 1 N–H and O–H groups in total. The molecule has 1 amide bonds. The second-order valence-corrected chi connectivity index (χ2v) is 8.59. The van der Waals surface area contributed by atoms with Crippen LogP contribution in [0.2, 0.25) is 5.02 Å². The molecule has 0 bridgehead atoms. The van der Waals surface area contributed by atoms with Crippen LogP contribution in [-0.4, -0.2) is 20.6 Å². The zero-order chi connectivity index (χ0) is 17.4. The van der Waals surface area contributed by atoms with Gasteiger partial charge < -0.3 is 5.32 Å². The topological polar surface area (TPSA) is 63.2 Å². The number of hydrogen-bond donors (Lipinski definition) is 1. The standard InChI is InChI=1S/C18H18ClNO3S/c1-24(22,23)14-8-9-16(19)15(12-14)17(21)20-18(10-5-11-18)13-6-3-2-4-7-13/h2-4,6-9,12H,5,10-11H2,1H3,(H,20,21). The van der Waals surface area contributed by atoms with Crippen LogP contribution in [0.3, 0.4) is 0 Å². The maximum atomic E-state index is 12.7. The first-order valence-electron chi connectivity index (χ1n) is 7.69. The highest BCUT2D eigenvalue weighted by Crippen LogP contribution is 2.41. The highest BCUT2D eigenvalue weighted by molar-refractivity contribution is 7.90. The Balaban J connectivity index is 1.93. The quantitative estimate of drug-likeness (QED) is 0.903. The predicted octanol–water partition coefficient (Wildman–Crippen LogP) is 3.55. The molecule has 24 heavy (non-hydrogen) atoms. The van der Waals surface area contributed by atoms with Gasteiger partial charge in [-0.15, -0.1) is 0 Å². The fourth-order valence-electron chi connectivity index (χ4n) is 2.97. The number of hydrogen-bond acceptors (Lipinski definition) is 3. The number of rotatable bonds is 4. The first-order valence-corrected chi connectivity index (χ1v) is 9.96. The average Bonchev–Trinajstić information content (AvgIpc) is 2.51. The first kappa shape index (κ1) is 17.0. The smallest absolute Gasteiger partial charge is 0.253 e. The highest BCUT2D eigenvalue weighted by Gasteiger charge is 2.40. The molecule has 0 saturated heterocycles. The molecule has 1 aliphatic rings. The molecule has 0 atom stereocenters. The molecular weight excluding hydrogens is 346 g/mol. The molecule has 1 aliphatic carbocycles. The van der Waals surface area contributed by atoms with Gasteiger partial charge in [-0.05, 0) is 43.0 Å². The van der Waals surface area contributed by atoms with Crippen molar-refractivity contribution in [2.75, 3.05) is 6.26 Å². The summed E-state index contributed by atoms with van der Waals surface area (Å²) < 4.78 is 23.4. The van der Waals surface area contributed by atoms with Gasteiger partial charge in [0.05, 0.1) is 21.0 Å². The molecule has 1 fully saturated rings. The van der Waals surface area contributed by atoms with Crippen LogP contribution in [0, 0.1) is 0 Å². The zero-order valence-corrected chi connectivity index (χ0v) is 14.8. The van der Waals surface area contributed by atoms with E-state index in [9.17, 15) is 13.2 Å². The van der Waals surface area contributed by atoms with E-state index in [0.717, 1.165) is 31.1 Å². The van der Waals surface area contributed by atoms with Crippen molar-refractivity contribution in [3.05, 3.63) is 64.7 Å². The lowest BCUT2D eigenvalue weighted by molar-refractivity contribution is 0.0823. The lowest BCUT2D eigenvalue weighted by Gasteiger charge is -2.43. The van der Waals surface area contributed by atoms with Crippen molar-refractivity contribution >= 4 is 27.3 Å². The number of halogens is 1. The molecule has 4 nitrogen and oxygen atoms in total. The summed E-state index contributed by atoms with van der Waals surface area (Å²) in [6.45, 7) is 0. The van der Waals surface area contributed by atoms with Crippen molar-refractivity contribution in [1.82, 2.24) is 5.32 Å². The molecule has 126 valence electrons. The molecule has 0 aromatic heterocycles.